The van der Waals surface area contributed by atoms with Crippen molar-refractivity contribution in [2.24, 2.45) is 0 Å². The molecule has 1 heteroatoms. The molecule has 0 aliphatic rings. The Hall–Kier alpha value is -6.80. The fourth-order valence-corrected chi connectivity index (χ4v) is 10.6. The lowest BCUT2D eigenvalue weighted by Crippen LogP contribution is -1.89. The van der Waals surface area contributed by atoms with Crippen molar-refractivity contribution in [2.45, 2.75) is 0 Å². The summed E-state index contributed by atoms with van der Waals surface area (Å²) >= 11 is 1.89. The molecule has 0 bridgehead atoms. The van der Waals surface area contributed by atoms with Gasteiger partial charge in [0.25, 0.3) is 0 Å². The molecule has 254 valence electrons. The predicted molar refractivity (Wildman–Crippen MR) is 241 cm³/mol. The zero-order valence-electron chi connectivity index (χ0n) is 29.9. The Morgan fingerprint density at radius 2 is 0.636 bits per heavy atom. The van der Waals surface area contributed by atoms with E-state index in [9.17, 15) is 0 Å². The van der Waals surface area contributed by atoms with Crippen molar-refractivity contribution in [1.29, 1.82) is 0 Å². The van der Waals surface area contributed by atoms with Crippen LogP contribution in [0.15, 0.2) is 194 Å². The molecule has 11 aromatic carbocycles. The van der Waals surface area contributed by atoms with Gasteiger partial charge >= 0.3 is 0 Å². The molecule has 0 unspecified atom stereocenters. The summed E-state index contributed by atoms with van der Waals surface area (Å²) in [7, 11) is 0. The molecule has 55 heavy (non-hydrogen) atoms. The van der Waals surface area contributed by atoms with Gasteiger partial charge in [-0.2, -0.15) is 0 Å². The third-order valence-electron chi connectivity index (χ3n) is 11.8. The van der Waals surface area contributed by atoms with Crippen LogP contribution in [0.4, 0.5) is 0 Å². The van der Waals surface area contributed by atoms with Crippen LogP contribution in [0, 0.1) is 0 Å². The Labute approximate surface area is 322 Å². The van der Waals surface area contributed by atoms with Gasteiger partial charge in [-0.05, 0) is 122 Å². The second kappa shape index (κ2) is 11.9. The number of benzene rings is 10. The highest BCUT2D eigenvalue weighted by molar-refractivity contribution is 7.26. The molecule has 12 aromatic rings. The van der Waals surface area contributed by atoms with Gasteiger partial charge in [0.1, 0.15) is 0 Å². The minimum absolute atomic E-state index is 1.22. The average Bonchev–Trinajstić information content (AvgIpc) is 3.64. The summed E-state index contributed by atoms with van der Waals surface area (Å²) in [6.45, 7) is 0. The van der Waals surface area contributed by atoms with Gasteiger partial charge < -0.3 is 0 Å². The Morgan fingerprint density at radius 1 is 0.236 bits per heavy atom. The van der Waals surface area contributed by atoms with Crippen molar-refractivity contribution in [2.75, 3.05) is 0 Å². The fourth-order valence-electron chi connectivity index (χ4n) is 9.35. The van der Waals surface area contributed by atoms with Crippen molar-refractivity contribution < 1.29 is 0 Å². The van der Waals surface area contributed by atoms with Gasteiger partial charge in [-0.1, -0.05) is 170 Å². The largest absolute Gasteiger partial charge is 0.135 e. The van der Waals surface area contributed by atoms with Crippen LogP contribution < -0.4 is 0 Å². The van der Waals surface area contributed by atoms with Crippen molar-refractivity contribution in [3.05, 3.63) is 194 Å². The lowest BCUT2D eigenvalue weighted by Gasteiger charge is -2.17. The van der Waals surface area contributed by atoms with E-state index in [-0.39, 0.29) is 0 Å². The molecule has 1 heterocycles. The second-order valence-corrected chi connectivity index (χ2v) is 15.8. The quantitative estimate of drug-likeness (QED) is 0.160. The molecule has 0 aliphatic carbocycles. The first kappa shape index (κ1) is 30.6. The van der Waals surface area contributed by atoms with Gasteiger partial charge in [0.15, 0.2) is 0 Å². The third kappa shape index (κ3) is 4.57. The highest BCUT2D eigenvalue weighted by Crippen LogP contribution is 2.45. The molecule has 0 saturated carbocycles. The van der Waals surface area contributed by atoms with E-state index in [2.05, 4.69) is 194 Å². The van der Waals surface area contributed by atoms with Crippen LogP contribution in [0.3, 0.4) is 0 Å². The van der Waals surface area contributed by atoms with Gasteiger partial charge in [0.05, 0.1) is 0 Å². The van der Waals surface area contributed by atoms with Gasteiger partial charge in [0.2, 0.25) is 0 Å². The molecular formula is C54H32S. The molecule has 0 N–H and O–H groups in total. The standard InChI is InChI=1S/C54H32S/c1-3-18-41-39(16-1)40-17-2-4-19-42(40)46-23-11-25-48-50-32-36(28-29-43(50)47-24-10-22-45(41)52(47)53(46)48)34-13-7-12-33(30-34)35-14-8-15-37(31-35)38-21-9-26-49-44-20-5-6-27-51(44)55-54(38)49/h1-32H. The third-order valence-corrected chi connectivity index (χ3v) is 13.0. The summed E-state index contributed by atoms with van der Waals surface area (Å²) in [6.07, 6.45) is 0. The van der Waals surface area contributed by atoms with E-state index in [0.717, 1.165) is 0 Å². The topological polar surface area (TPSA) is 0 Å². The Morgan fingerprint density at radius 3 is 1.25 bits per heavy atom. The molecule has 0 atom stereocenters. The Bertz CT molecular complexity index is 3550. The normalized spacial score (nSPS) is 12.0. The first-order chi connectivity index (χ1) is 27.3. The van der Waals surface area contributed by atoms with Crippen LogP contribution in [0.25, 0.3) is 118 Å². The van der Waals surface area contributed by atoms with Gasteiger partial charge in [-0.15, -0.1) is 11.3 Å². The summed E-state index contributed by atoms with van der Waals surface area (Å²) in [5.41, 5.74) is 7.42. The SMILES string of the molecule is c1cc(-c2cccc(-c3cccc4c3sc3ccccc34)c2)cc(-c2ccc3c(c2)c2cccc4c5ccccc5c5ccccc5c5cccc3c5c42)c1. The molecule has 0 fully saturated rings. The van der Waals surface area contributed by atoms with E-state index in [0.29, 0.717) is 0 Å². The maximum absolute atomic E-state index is 2.43. The van der Waals surface area contributed by atoms with Gasteiger partial charge in [-0.3, -0.25) is 0 Å². The summed E-state index contributed by atoms with van der Waals surface area (Å²) in [4.78, 5) is 0. The molecule has 0 amide bonds. The van der Waals surface area contributed by atoms with Crippen molar-refractivity contribution in [3.8, 4) is 33.4 Å². The van der Waals surface area contributed by atoms with Crippen molar-refractivity contribution in [3.63, 3.8) is 0 Å². The molecule has 0 saturated heterocycles. The van der Waals surface area contributed by atoms with Crippen LogP contribution in [-0.2, 0) is 0 Å². The van der Waals surface area contributed by atoms with E-state index in [1.54, 1.807) is 0 Å². The van der Waals surface area contributed by atoms with Crippen LogP contribution in [0.2, 0.25) is 0 Å². The van der Waals surface area contributed by atoms with E-state index in [1.165, 1.54) is 118 Å². The van der Waals surface area contributed by atoms with Gasteiger partial charge in [0, 0.05) is 20.2 Å². The first-order valence-corrected chi connectivity index (χ1v) is 19.8. The van der Waals surface area contributed by atoms with E-state index in [1.807, 2.05) is 11.3 Å². The van der Waals surface area contributed by atoms with E-state index < -0.39 is 0 Å². The number of fused-ring (bicyclic) bond motifs is 11. The number of thiophene rings is 1. The predicted octanol–water partition coefficient (Wildman–Crippen LogP) is 16.0. The summed E-state index contributed by atoms with van der Waals surface area (Å²) < 4.78 is 2.68. The molecule has 0 aliphatic heterocycles. The maximum atomic E-state index is 2.43. The molecule has 0 spiro atoms. The van der Waals surface area contributed by atoms with Crippen LogP contribution >= 0.6 is 11.3 Å². The molecule has 0 radical (unpaired) electrons. The summed E-state index contributed by atoms with van der Waals surface area (Å²) in [5.74, 6) is 0. The van der Waals surface area contributed by atoms with E-state index >= 15 is 0 Å². The summed E-state index contributed by atoms with van der Waals surface area (Å²) in [5, 5.41) is 18.2. The summed E-state index contributed by atoms with van der Waals surface area (Å²) in [6, 6.07) is 72.3. The zero-order valence-corrected chi connectivity index (χ0v) is 30.7. The van der Waals surface area contributed by atoms with E-state index in [4.69, 9.17) is 0 Å². The van der Waals surface area contributed by atoms with Crippen LogP contribution in [0.5, 0.6) is 0 Å². The lowest BCUT2D eigenvalue weighted by molar-refractivity contribution is 1.59. The maximum Gasteiger partial charge on any atom is 0.0433 e. The number of hydrogen-bond acceptors (Lipinski definition) is 1. The monoisotopic (exact) mass is 712 g/mol. The average molecular weight is 713 g/mol. The zero-order chi connectivity index (χ0) is 36.0. The second-order valence-electron chi connectivity index (χ2n) is 14.7. The molecule has 0 nitrogen and oxygen atoms in total. The fraction of sp³-hybridized carbons (Fsp3) is 0. The van der Waals surface area contributed by atoms with Crippen molar-refractivity contribution >= 4 is 96.1 Å². The minimum Gasteiger partial charge on any atom is -0.135 e. The highest BCUT2D eigenvalue weighted by Gasteiger charge is 2.17. The Balaban J connectivity index is 1.06. The van der Waals surface area contributed by atoms with Gasteiger partial charge in [-0.25, -0.2) is 0 Å². The molecular weight excluding hydrogens is 681 g/mol. The highest BCUT2D eigenvalue weighted by atomic mass is 32.1. The number of rotatable bonds is 3. The van der Waals surface area contributed by atoms with Crippen molar-refractivity contribution in [1.82, 2.24) is 0 Å². The minimum atomic E-state index is 1.22. The first-order valence-electron chi connectivity index (χ1n) is 19.0. The number of hydrogen-bond donors (Lipinski definition) is 0. The molecule has 1 aromatic heterocycles. The van der Waals surface area contributed by atoms with Crippen LogP contribution in [-0.4, -0.2) is 0 Å². The lowest BCUT2D eigenvalue weighted by atomic mass is 9.86. The Kier molecular flexibility index (Phi) is 6.60. The van der Waals surface area contributed by atoms with Crippen LogP contribution in [0.1, 0.15) is 0 Å². The molecule has 12 rings (SSSR count). The smallest absolute Gasteiger partial charge is 0.0433 e.